The van der Waals surface area contributed by atoms with E-state index in [0.717, 1.165) is 22.2 Å². The van der Waals surface area contributed by atoms with Crippen molar-refractivity contribution in [2.24, 2.45) is 0 Å². The molecule has 2 aromatic carbocycles. The molecule has 0 fully saturated rings. The molecule has 2 heterocycles. The van der Waals surface area contributed by atoms with Crippen LogP contribution in [0.3, 0.4) is 0 Å². The maximum Gasteiger partial charge on any atom is 0.257 e. The summed E-state index contributed by atoms with van der Waals surface area (Å²) in [7, 11) is 3.22. The van der Waals surface area contributed by atoms with Crippen LogP contribution < -0.4 is 14.8 Å². The van der Waals surface area contributed by atoms with Crippen molar-refractivity contribution >= 4 is 33.3 Å². The molecule has 0 unspecified atom stereocenters. The molecule has 0 radical (unpaired) electrons. The van der Waals surface area contributed by atoms with Crippen molar-refractivity contribution in [3.05, 3.63) is 65.2 Å². The van der Waals surface area contributed by atoms with E-state index in [1.807, 2.05) is 48.7 Å². The number of aromatic nitrogens is 2. The summed E-state index contributed by atoms with van der Waals surface area (Å²) < 4.78 is 10.7. The minimum Gasteiger partial charge on any atom is -0.497 e. The van der Waals surface area contributed by atoms with E-state index in [2.05, 4.69) is 15.3 Å². The minimum absolute atomic E-state index is 0.228. The Labute approximate surface area is 172 Å². The standard InChI is InChI=1S/C22H19N3O3S/c1-13-4-5-14-6-7-15(10-18(14)23-13)21(26)25-22-24-19(12-29-22)17-11-16(27-2)8-9-20(17)28-3/h4-12H,1-3H3,(H,24,25,26). The van der Waals surface area contributed by atoms with E-state index in [1.54, 1.807) is 26.4 Å². The van der Waals surface area contributed by atoms with E-state index in [0.29, 0.717) is 27.9 Å². The van der Waals surface area contributed by atoms with Gasteiger partial charge in [0.2, 0.25) is 0 Å². The maximum atomic E-state index is 12.7. The summed E-state index contributed by atoms with van der Waals surface area (Å²) in [5.74, 6) is 1.16. The van der Waals surface area contributed by atoms with Crippen LogP contribution in [0.1, 0.15) is 16.1 Å². The highest BCUT2D eigenvalue weighted by Crippen LogP contribution is 2.35. The molecule has 6 nitrogen and oxygen atoms in total. The second-order valence-corrected chi connectivity index (χ2v) is 7.28. The summed E-state index contributed by atoms with van der Waals surface area (Å²) in [5, 5.41) is 6.24. The number of anilines is 1. The summed E-state index contributed by atoms with van der Waals surface area (Å²) in [6.07, 6.45) is 0. The number of benzene rings is 2. The van der Waals surface area contributed by atoms with E-state index >= 15 is 0 Å². The SMILES string of the molecule is COc1ccc(OC)c(-c2csc(NC(=O)c3ccc4ccc(C)nc4c3)n2)c1. The first-order valence-electron chi connectivity index (χ1n) is 8.94. The topological polar surface area (TPSA) is 73.3 Å². The van der Waals surface area contributed by atoms with E-state index in [9.17, 15) is 4.79 Å². The Bertz CT molecular complexity index is 1200. The lowest BCUT2D eigenvalue weighted by atomic mass is 10.1. The molecule has 0 saturated carbocycles. The van der Waals surface area contributed by atoms with Crippen molar-refractivity contribution < 1.29 is 14.3 Å². The summed E-state index contributed by atoms with van der Waals surface area (Å²) in [6, 6.07) is 14.9. The molecule has 0 spiro atoms. The van der Waals surface area contributed by atoms with Gasteiger partial charge in [-0.3, -0.25) is 15.1 Å². The van der Waals surface area contributed by atoms with Crippen molar-refractivity contribution in [3.63, 3.8) is 0 Å². The average Bonchev–Trinajstić information content (AvgIpc) is 3.20. The van der Waals surface area contributed by atoms with Crippen molar-refractivity contribution in [2.75, 3.05) is 19.5 Å². The third-order valence-electron chi connectivity index (χ3n) is 4.50. The number of ether oxygens (including phenoxy) is 2. The van der Waals surface area contributed by atoms with Gasteiger partial charge in [-0.15, -0.1) is 11.3 Å². The van der Waals surface area contributed by atoms with Gasteiger partial charge in [-0.05, 0) is 43.3 Å². The van der Waals surface area contributed by atoms with Crippen LogP contribution in [0.5, 0.6) is 11.5 Å². The quantitative estimate of drug-likeness (QED) is 0.509. The van der Waals surface area contributed by atoms with Crippen LogP contribution >= 0.6 is 11.3 Å². The van der Waals surface area contributed by atoms with Gasteiger partial charge < -0.3 is 9.47 Å². The Hall–Kier alpha value is -3.45. The number of nitrogens with one attached hydrogen (secondary N) is 1. The van der Waals surface area contributed by atoms with E-state index in [4.69, 9.17) is 9.47 Å². The van der Waals surface area contributed by atoms with Crippen molar-refractivity contribution in [2.45, 2.75) is 6.92 Å². The number of carbonyl (C=O) groups excluding carboxylic acids is 1. The number of pyridine rings is 1. The lowest BCUT2D eigenvalue weighted by molar-refractivity contribution is 0.102. The van der Waals surface area contributed by atoms with Crippen LogP contribution in [-0.4, -0.2) is 30.1 Å². The molecule has 0 saturated heterocycles. The number of amides is 1. The minimum atomic E-state index is -0.228. The van der Waals surface area contributed by atoms with Gasteiger partial charge in [0.15, 0.2) is 5.13 Å². The maximum absolute atomic E-state index is 12.7. The van der Waals surface area contributed by atoms with Crippen molar-refractivity contribution in [1.82, 2.24) is 9.97 Å². The number of fused-ring (bicyclic) bond motifs is 1. The van der Waals surface area contributed by atoms with Gasteiger partial charge in [0.25, 0.3) is 5.91 Å². The van der Waals surface area contributed by atoms with Gasteiger partial charge in [-0.2, -0.15) is 0 Å². The van der Waals surface area contributed by atoms with Gasteiger partial charge in [0.1, 0.15) is 11.5 Å². The third kappa shape index (κ3) is 3.90. The van der Waals surface area contributed by atoms with Gasteiger partial charge in [0.05, 0.1) is 25.4 Å². The van der Waals surface area contributed by atoms with Gasteiger partial charge in [0, 0.05) is 27.6 Å². The monoisotopic (exact) mass is 405 g/mol. The smallest absolute Gasteiger partial charge is 0.257 e. The second-order valence-electron chi connectivity index (χ2n) is 6.42. The highest BCUT2D eigenvalue weighted by molar-refractivity contribution is 7.14. The largest absolute Gasteiger partial charge is 0.497 e. The number of rotatable bonds is 5. The fraction of sp³-hybridized carbons (Fsp3) is 0.136. The van der Waals surface area contributed by atoms with Gasteiger partial charge in [-0.25, -0.2) is 4.98 Å². The number of thiazole rings is 1. The first-order valence-corrected chi connectivity index (χ1v) is 9.82. The molecule has 2 aromatic heterocycles. The molecular formula is C22H19N3O3S. The molecule has 4 aromatic rings. The predicted molar refractivity (Wildman–Crippen MR) is 115 cm³/mol. The molecule has 7 heteroatoms. The number of hydrogen-bond acceptors (Lipinski definition) is 6. The zero-order chi connectivity index (χ0) is 20.4. The Morgan fingerprint density at radius 3 is 2.62 bits per heavy atom. The zero-order valence-electron chi connectivity index (χ0n) is 16.2. The Balaban J connectivity index is 1.59. The fourth-order valence-corrected chi connectivity index (χ4v) is 3.70. The van der Waals surface area contributed by atoms with E-state index in [-0.39, 0.29) is 5.91 Å². The van der Waals surface area contributed by atoms with Crippen molar-refractivity contribution in [3.8, 4) is 22.8 Å². The Morgan fingerprint density at radius 2 is 1.83 bits per heavy atom. The van der Waals surface area contributed by atoms with E-state index < -0.39 is 0 Å². The molecule has 29 heavy (non-hydrogen) atoms. The normalized spacial score (nSPS) is 10.7. The molecular weight excluding hydrogens is 386 g/mol. The van der Waals surface area contributed by atoms with Gasteiger partial charge >= 0.3 is 0 Å². The summed E-state index contributed by atoms with van der Waals surface area (Å²) in [4.78, 5) is 21.7. The summed E-state index contributed by atoms with van der Waals surface area (Å²) >= 11 is 1.35. The molecule has 1 amide bonds. The molecule has 0 aliphatic rings. The highest BCUT2D eigenvalue weighted by Gasteiger charge is 2.14. The molecule has 0 atom stereocenters. The second kappa shape index (κ2) is 7.89. The average molecular weight is 405 g/mol. The van der Waals surface area contributed by atoms with Crippen LogP contribution in [0.2, 0.25) is 0 Å². The molecule has 1 N–H and O–H groups in total. The number of carbonyl (C=O) groups is 1. The fourth-order valence-electron chi connectivity index (χ4n) is 3.00. The summed E-state index contributed by atoms with van der Waals surface area (Å²) in [5.41, 5.74) is 3.74. The molecule has 0 bridgehead atoms. The Kier molecular flexibility index (Phi) is 5.14. The predicted octanol–water partition coefficient (Wildman–Crippen LogP) is 4.94. The number of nitrogens with zero attached hydrogens (tertiary/aromatic N) is 2. The number of methoxy groups -OCH3 is 2. The molecule has 0 aliphatic carbocycles. The number of hydrogen-bond donors (Lipinski definition) is 1. The highest BCUT2D eigenvalue weighted by atomic mass is 32.1. The number of aryl methyl sites for hydroxylation is 1. The molecule has 0 aliphatic heterocycles. The van der Waals surface area contributed by atoms with Crippen LogP contribution in [0.4, 0.5) is 5.13 Å². The summed E-state index contributed by atoms with van der Waals surface area (Å²) in [6.45, 7) is 1.93. The van der Waals surface area contributed by atoms with E-state index in [1.165, 1.54) is 11.3 Å². The lowest BCUT2D eigenvalue weighted by Gasteiger charge is -2.08. The van der Waals surface area contributed by atoms with Crippen LogP contribution in [0.15, 0.2) is 53.9 Å². The van der Waals surface area contributed by atoms with Crippen LogP contribution in [0.25, 0.3) is 22.2 Å². The Morgan fingerprint density at radius 1 is 1.00 bits per heavy atom. The molecule has 4 rings (SSSR count). The van der Waals surface area contributed by atoms with Crippen LogP contribution in [-0.2, 0) is 0 Å². The molecule has 146 valence electrons. The third-order valence-corrected chi connectivity index (χ3v) is 5.26. The lowest BCUT2D eigenvalue weighted by Crippen LogP contribution is -2.11. The van der Waals surface area contributed by atoms with Crippen LogP contribution in [0, 0.1) is 6.92 Å². The van der Waals surface area contributed by atoms with Crippen molar-refractivity contribution in [1.29, 1.82) is 0 Å². The first kappa shape index (κ1) is 18.9. The zero-order valence-corrected chi connectivity index (χ0v) is 17.0. The van der Waals surface area contributed by atoms with Gasteiger partial charge in [-0.1, -0.05) is 12.1 Å². The first-order chi connectivity index (χ1) is 14.1.